The Bertz CT molecular complexity index is 194. The lowest BCUT2D eigenvalue weighted by atomic mass is 10.1. The molecule has 0 atom stereocenters. The molecule has 0 amide bonds. The topological polar surface area (TPSA) is 119 Å². The monoisotopic (exact) mass is 217 g/mol. The van der Waals surface area contributed by atoms with E-state index in [1.165, 1.54) is 0 Å². The molecule has 0 aliphatic carbocycles. The van der Waals surface area contributed by atoms with Gasteiger partial charge in [0.15, 0.2) is 0 Å². The minimum atomic E-state index is -4.16. The molecule has 0 heterocycles. The minimum Gasteiger partial charge on any atom is -0.390 e. The van der Waals surface area contributed by atoms with Crippen molar-refractivity contribution in [2.75, 3.05) is 7.11 Å². The molecule has 0 aliphatic rings. The van der Waals surface area contributed by atoms with Gasteiger partial charge in [0.05, 0.1) is 12.7 Å². The second-order valence-electron chi connectivity index (χ2n) is 2.76. The van der Waals surface area contributed by atoms with Gasteiger partial charge in [-0.1, -0.05) is 6.92 Å². The second kappa shape index (κ2) is 7.22. The summed E-state index contributed by atoms with van der Waals surface area (Å²) in [6.45, 7) is 5.56. The lowest BCUT2D eigenvalue weighted by Gasteiger charge is -2.11. The van der Waals surface area contributed by atoms with Crippen molar-refractivity contribution in [3.05, 3.63) is 0 Å². The molecule has 7 heteroatoms. The highest BCUT2D eigenvalue weighted by atomic mass is 32.3. The van der Waals surface area contributed by atoms with Crippen molar-refractivity contribution in [1.29, 1.82) is 0 Å². The Balaban J connectivity index is -0.000000143. The van der Waals surface area contributed by atoms with E-state index in [9.17, 15) is 8.42 Å². The van der Waals surface area contributed by atoms with E-state index in [2.05, 4.69) is 4.18 Å². The van der Waals surface area contributed by atoms with E-state index in [4.69, 9.17) is 9.66 Å². The third kappa shape index (κ3) is 33.7. The van der Waals surface area contributed by atoms with Crippen molar-refractivity contribution in [2.45, 2.75) is 32.8 Å². The predicted octanol–water partition coefficient (Wildman–Crippen LogP) is 0.765. The van der Waals surface area contributed by atoms with Gasteiger partial charge in [-0.3, -0.25) is 8.74 Å². The van der Waals surface area contributed by atoms with Gasteiger partial charge in [0.1, 0.15) is 0 Å². The normalized spacial score (nSPS) is 10.9. The maximum atomic E-state index is 9.33. The molecule has 13 heavy (non-hydrogen) atoms. The van der Waals surface area contributed by atoms with Crippen LogP contribution >= 0.6 is 0 Å². The standard InChI is InChI=1S/C5H12O.CH4O4S.H3N/c1-4-5(2,3)6;1-5-6(2,3)4;/h6H,4H2,1-3H3;1H3,(H,2,3,4);1H3. The van der Waals surface area contributed by atoms with Crippen molar-refractivity contribution in [3.8, 4) is 0 Å². The van der Waals surface area contributed by atoms with Crippen molar-refractivity contribution in [1.82, 2.24) is 6.15 Å². The maximum Gasteiger partial charge on any atom is 0.397 e. The summed E-state index contributed by atoms with van der Waals surface area (Å²) in [6.07, 6.45) is 0.826. The average molecular weight is 217 g/mol. The largest absolute Gasteiger partial charge is 0.397 e. The molecule has 0 aromatic heterocycles. The Morgan fingerprint density at radius 1 is 1.38 bits per heavy atom. The van der Waals surface area contributed by atoms with E-state index in [1.54, 1.807) is 13.8 Å². The third-order valence-corrected chi connectivity index (χ3v) is 1.50. The summed E-state index contributed by atoms with van der Waals surface area (Å²) in [5, 5.41) is 8.83. The van der Waals surface area contributed by atoms with Crippen LogP contribution in [0.2, 0.25) is 0 Å². The van der Waals surface area contributed by atoms with Crippen LogP contribution in [0, 0.1) is 0 Å². The zero-order chi connectivity index (χ0) is 10.4. The zero-order valence-electron chi connectivity index (χ0n) is 8.44. The van der Waals surface area contributed by atoms with Crippen LogP contribution in [-0.4, -0.2) is 30.8 Å². The van der Waals surface area contributed by atoms with Gasteiger partial charge in [0.2, 0.25) is 0 Å². The summed E-state index contributed by atoms with van der Waals surface area (Å²) in [4.78, 5) is 0. The first-order chi connectivity index (χ1) is 5.12. The minimum absolute atomic E-state index is 0. The lowest BCUT2D eigenvalue weighted by Crippen LogP contribution is -2.15. The number of rotatable bonds is 2. The van der Waals surface area contributed by atoms with Crippen LogP contribution in [-0.2, 0) is 14.6 Å². The molecular weight excluding hydrogens is 198 g/mol. The second-order valence-corrected chi connectivity index (χ2v) is 3.95. The highest BCUT2D eigenvalue weighted by Crippen LogP contribution is 2.03. The average Bonchev–Trinajstić information content (AvgIpc) is 1.86. The van der Waals surface area contributed by atoms with Crippen LogP contribution in [0.5, 0.6) is 0 Å². The highest BCUT2D eigenvalue weighted by Gasteiger charge is 2.05. The van der Waals surface area contributed by atoms with Gasteiger partial charge in [0.25, 0.3) is 0 Å². The van der Waals surface area contributed by atoms with Gasteiger partial charge < -0.3 is 11.3 Å². The van der Waals surface area contributed by atoms with E-state index in [-0.39, 0.29) is 6.15 Å². The molecule has 0 rings (SSSR count). The van der Waals surface area contributed by atoms with Gasteiger partial charge in [-0.05, 0) is 20.3 Å². The number of aliphatic hydroxyl groups is 1. The van der Waals surface area contributed by atoms with E-state index in [1.807, 2.05) is 6.92 Å². The highest BCUT2D eigenvalue weighted by molar-refractivity contribution is 7.80. The Kier molecular flexibility index (Phi) is 10.3. The molecule has 0 saturated carbocycles. The summed E-state index contributed by atoms with van der Waals surface area (Å²) in [6, 6.07) is 0. The molecule has 0 unspecified atom stereocenters. The molecule has 6 nitrogen and oxygen atoms in total. The van der Waals surface area contributed by atoms with Crippen LogP contribution in [0.1, 0.15) is 27.2 Å². The van der Waals surface area contributed by atoms with Gasteiger partial charge in [-0.25, -0.2) is 0 Å². The fraction of sp³-hybridized carbons (Fsp3) is 1.00. The van der Waals surface area contributed by atoms with Gasteiger partial charge in [-0.15, -0.1) is 0 Å². The van der Waals surface area contributed by atoms with E-state index < -0.39 is 16.0 Å². The Hall–Kier alpha value is -0.210. The smallest absolute Gasteiger partial charge is 0.390 e. The van der Waals surface area contributed by atoms with Crippen LogP contribution in [0.25, 0.3) is 0 Å². The Labute approximate surface area is 79.5 Å². The first-order valence-electron chi connectivity index (χ1n) is 3.38. The van der Waals surface area contributed by atoms with Crippen LogP contribution < -0.4 is 6.15 Å². The third-order valence-electron chi connectivity index (χ3n) is 1.08. The van der Waals surface area contributed by atoms with E-state index >= 15 is 0 Å². The van der Waals surface area contributed by atoms with Crippen LogP contribution in [0.4, 0.5) is 0 Å². The summed E-state index contributed by atoms with van der Waals surface area (Å²) in [5.41, 5.74) is -0.458. The summed E-state index contributed by atoms with van der Waals surface area (Å²) < 4.78 is 29.7. The summed E-state index contributed by atoms with van der Waals surface area (Å²) >= 11 is 0. The molecule has 5 N–H and O–H groups in total. The van der Waals surface area contributed by atoms with Crippen LogP contribution in [0.15, 0.2) is 0 Å². The summed E-state index contributed by atoms with van der Waals surface area (Å²) in [7, 11) is -3.29. The fourth-order valence-electron chi connectivity index (χ4n) is 0. The Morgan fingerprint density at radius 3 is 1.54 bits per heavy atom. The molecule has 0 bridgehead atoms. The molecular formula is C6H19NO5S. The molecule has 0 saturated heterocycles. The van der Waals surface area contributed by atoms with Crippen molar-refractivity contribution < 1.29 is 22.3 Å². The molecule has 0 fully saturated rings. The van der Waals surface area contributed by atoms with E-state index in [0.29, 0.717) is 0 Å². The first-order valence-corrected chi connectivity index (χ1v) is 4.74. The van der Waals surface area contributed by atoms with Crippen molar-refractivity contribution in [3.63, 3.8) is 0 Å². The Morgan fingerprint density at radius 2 is 1.54 bits per heavy atom. The van der Waals surface area contributed by atoms with E-state index in [0.717, 1.165) is 13.5 Å². The predicted molar refractivity (Wildman–Crippen MR) is 50.2 cm³/mol. The van der Waals surface area contributed by atoms with Gasteiger partial charge in [-0.2, -0.15) is 8.42 Å². The molecule has 0 aromatic rings. The van der Waals surface area contributed by atoms with Gasteiger partial charge >= 0.3 is 10.4 Å². The van der Waals surface area contributed by atoms with Crippen molar-refractivity contribution >= 4 is 10.4 Å². The molecule has 0 radical (unpaired) electrons. The first kappa shape index (κ1) is 18.5. The quantitative estimate of drug-likeness (QED) is 0.587. The van der Waals surface area contributed by atoms with Crippen molar-refractivity contribution in [2.24, 2.45) is 0 Å². The summed E-state index contributed by atoms with van der Waals surface area (Å²) in [5.74, 6) is 0. The molecule has 84 valence electrons. The maximum absolute atomic E-state index is 9.33. The zero-order valence-corrected chi connectivity index (χ0v) is 9.26. The molecule has 0 spiro atoms. The molecule has 0 aromatic carbocycles. The lowest BCUT2D eigenvalue weighted by molar-refractivity contribution is 0.0765. The van der Waals surface area contributed by atoms with Crippen LogP contribution in [0.3, 0.4) is 0 Å². The number of hydrogen-bond acceptors (Lipinski definition) is 5. The SMILES string of the molecule is CCC(C)(C)O.COS(=O)(=O)O.N. The number of hydrogen-bond donors (Lipinski definition) is 3. The fourth-order valence-corrected chi connectivity index (χ4v) is 0. The van der Waals surface area contributed by atoms with Gasteiger partial charge in [0, 0.05) is 0 Å². The molecule has 0 aliphatic heterocycles.